The van der Waals surface area contributed by atoms with Crippen LogP contribution >= 0.6 is 11.3 Å². The summed E-state index contributed by atoms with van der Waals surface area (Å²) in [4.78, 5) is 19.9. The molecule has 1 N–H and O–H groups in total. The summed E-state index contributed by atoms with van der Waals surface area (Å²) in [7, 11) is 0. The smallest absolute Gasteiger partial charge is 0.282 e. The molecule has 0 bridgehead atoms. The average molecular weight is 413 g/mol. The summed E-state index contributed by atoms with van der Waals surface area (Å²) in [6, 6.07) is 15.9. The highest BCUT2D eigenvalue weighted by Crippen LogP contribution is 2.41. The van der Waals surface area contributed by atoms with Gasteiger partial charge < -0.3 is 9.67 Å². The Labute approximate surface area is 177 Å². The second-order valence-electron chi connectivity index (χ2n) is 8.11. The van der Waals surface area contributed by atoms with E-state index >= 15 is 0 Å². The molecule has 0 fully saturated rings. The van der Waals surface area contributed by atoms with Crippen LogP contribution in [0.25, 0.3) is 21.5 Å². The first kappa shape index (κ1) is 17.7. The molecule has 0 saturated carbocycles. The van der Waals surface area contributed by atoms with Gasteiger partial charge in [-0.05, 0) is 42.9 Å². The average Bonchev–Trinajstić information content (AvgIpc) is 3.34. The summed E-state index contributed by atoms with van der Waals surface area (Å²) in [5.74, 6) is 0.718. The number of thiophene rings is 1. The minimum absolute atomic E-state index is 0.159. The lowest BCUT2D eigenvalue weighted by molar-refractivity contribution is 0.512. The molecule has 1 aliphatic carbocycles. The number of hydrogen-bond acceptors (Lipinski definition) is 4. The first-order valence-corrected chi connectivity index (χ1v) is 11.1. The molecule has 4 aromatic rings. The van der Waals surface area contributed by atoms with Crippen molar-refractivity contribution in [3.05, 3.63) is 97.4 Å². The third kappa shape index (κ3) is 2.45. The maximum Gasteiger partial charge on any atom is 0.282 e. The molecular weight excluding hydrogens is 392 g/mol. The first-order chi connectivity index (χ1) is 14.6. The van der Waals surface area contributed by atoms with Crippen LogP contribution in [0.2, 0.25) is 0 Å². The van der Waals surface area contributed by atoms with Crippen molar-refractivity contribution in [2.75, 3.05) is 0 Å². The fourth-order valence-corrected chi connectivity index (χ4v) is 6.11. The van der Waals surface area contributed by atoms with Crippen molar-refractivity contribution < 1.29 is 5.11 Å². The number of aromatic nitrogens is 2. The number of fused-ring (bicyclic) bond motifs is 6. The lowest BCUT2D eigenvalue weighted by Crippen LogP contribution is -2.23. The maximum absolute atomic E-state index is 13.1. The van der Waals surface area contributed by atoms with Crippen molar-refractivity contribution in [2.24, 2.45) is 0 Å². The number of hydrogen-bond donors (Lipinski definition) is 1. The topological polar surface area (TPSA) is 55.1 Å². The van der Waals surface area contributed by atoms with Crippen LogP contribution in [0.1, 0.15) is 44.9 Å². The molecule has 2 aromatic carbocycles. The van der Waals surface area contributed by atoms with Crippen LogP contribution in [0.15, 0.2) is 53.3 Å². The van der Waals surface area contributed by atoms with E-state index in [4.69, 9.17) is 0 Å². The van der Waals surface area contributed by atoms with Crippen LogP contribution in [0.3, 0.4) is 0 Å². The number of aryl methyl sites for hydroxylation is 3. The van der Waals surface area contributed by atoms with Crippen LogP contribution in [0.4, 0.5) is 0 Å². The van der Waals surface area contributed by atoms with E-state index in [1.807, 2.05) is 49.4 Å². The van der Waals surface area contributed by atoms with Crippen molar-refractivity contribution in [1.82, 2.24) is 9.55 Å². The van der Waals surface area contributed by atoms with Crippen LogP contribution < -0.4 is 5.56 Å². The Morgan fingerprint density at radius 3 is 2.73 bits per heavy atom. The molecule has 6 rings (SSSR count). The van der Waals surface area contributed by atoms with Gasteiger partial charge in [0.25, 0.3) is 5.56 Å². The number of aliphatic hydroxyl groups is 1. The summed E-state index contributed by atoms with van der Waals surface area (Å²) < 4.78 is 2.13. The predicted molar refractivity (Wildman–Crippen MR) is 121 cm³/mol. The highest BCUT2D eigenvalue weighted by Gasteiger charge is 2.30. The molecule has 0 amide bonds. The fraction of sp³-hybridized carbons (Fsp3) is 0.200. The molecule has 4 nitrogen and oxygen atoms in total. The second kappa shape index (κ2) is 6.41. The predicted octanol–water partition coefficient (Wildman–Crippen LogP) is 5.09. The van der Waals surface area contributed by atoms with Gasteiger partial charge in [-0.1, -0.05) is 54.1 Å². The molecule has 2 aromatic heterocycles. The zero-order chi connectivity index (χ0) is 20.4. The Morgan fingerprint density at radius 1 is 1.10 bits per heavy atom. The van der Waals surface area contributed by atoms with E-state index in [2.05, 4.69) is 15.6 Å². The Kier molecular flexibility index (Phi) is 3.77. The summed E-state index contributed by atoms with van der Waals surface area (Å²) in [5.41, 5.74) is 5.56. The molecule has 0 radical (unpaired) electrons. The summed E-state index contributed by atoms with van der Waals surface area (Å²) in [6.07, 6.45) is 3.11. The largest absolute Gasteiger partial charge is 0.507 e. The van der Waals surface area contributed by atoms with Gasteiger partial charge in [0, 0.05) is 10.4 Å². The molecular formula is C25H20N2O2S. The maximum atomic E-state index is 13.1. The number of aliphatic hydroxyl groups excluding tert-OH is 1. The lowest BCUT2D eigenvalue weighted by atomic mass is 9.92. The monoisotopic (exact) mass is 412 g/mol. The zero-order valence-corrected chi connectivity index (χ0v) is 17.4. The van der Waals surface area contributed by atoms with Crippen molar-refractivity contribution >= 4 is 32.9 Å². The molecule has 1 aliphatic heterocycles. The van der Waals surface area contributed by atoms with Crippen LogP contribution in [-0.2, 0) is 19.4 Å². The third-order valence-corrected chi connectivity index (χ3v) is 7.54. The van der Waals surface area contributed by atoms with Gasteiger partial charge in [0.2, 0.25) is 0 Å². The molecule has 2 aliphatic rings. The molecule has 0 atom stereocenters. The van der Waals surface area contributed by atoms with Crippen molar-refractivity contribution in [1.29, 1.82) is 0 Å². The summed E-state index contributed by atoms with van der Waals surface area (Å²) >= 11 is 1.72. The highest BCUT2D eigenvalue weighted by molar-refractivity contribution is 7.19. The first-order valence-electron chi connectivity index (χ1n) is 10.3. The molecule has 0 spiro atoms. The Hall–Kier alpha value is -3.18. The van der Waals surface area contributed by atoms with Crippen LogP contribution in [-0.4, -0.2) is 14.7 Å². The molecule has 148 valence electrons. The number of rotatable bonds is 1. The minimum atomic E-state index is -0.177. The Morgan fingerprint density at radius 2 is 1.90 bits per heavy atom. The molecule has 0 unspecified atom stereocenters. The normalized spacial score (nSPS) is 16.3. The van der Waals surface area contributed by atoms with Gasteiger partial charge in [-0.3, -0.25) is 4.79 Å². The van der Waals surface area contributed by atoms with E-state index in [1.54, 1.807) is 11.3 Å². The van der Waals surface area contributed by atoms with Gasteiger partial charge >= 0.3 is 0 Å². The molecule has 5 heteroatoms. The second-order valence-corrected chi connectivity index (χ2v) is 9.19. The van der Waals surface area contributed by atoms with E-state index in [9.17, 15) is 9.90 Å². The summed E-state index contributed by atoms with van der Waals surface area (Å²) in [5, 5.41) is 12.1. The van der Waals surface area contributed by atoms with Gasteiger partial charge in [-0.15, -0.1) is 11.3 Å². The minimum Gasteiger partial charge on any atom is -0.507 e. The quantitative estimate of drug-likeness (QED) is 0.390. The van der Waals surface area contributed by atoms with Gasteiger partial charge in [-0.25, -0.2) is 0 Å². The van der Waals surface area contributed by atoms with Crippen LogP contribution in [0.5, 0.6) is 0 Å². The fourth-order valence-electron chi connectivity index (χ4n) is 4.73. The van der Waals surface area contributed by atoms with E-state index < -0.39 is 0 Å². The SMILES string of the molecule is Cc1ccc(/C(O)=C2/c3ccccc3Cn3c2nc(=O)c2c4c(sc23)CCC4)cc1. The van der Waals surface area contributed by atoms with E-state index in [1.165, 1.54) is 10.4 Å². The van der Waals surface area contributed by atoms with E-state index in [0.29, 0.717) is 17.9 Å². The van der Waals surface area contributed by atoms with Gasteiger partial charge in [0.15, 0.2) is 0 Å². The lowest BCUT2D eigenvalue weighted by Gasteiger charge is -2.25. The van der Waals surface area contributed by atoms with Crippen molar-refractivity contribution in [2.45, 2.75) is 32.7 Å². The Bertz CT molecular complexity index is 1420. The van der Waals surface area contributed by atoms with Gasteiger partial charge in [0.05, 0.1) is 17.5 Å². The number of nitrogens with zero attached hydrogens (tertiary/aromatic N) is 2. The van der Waals surface area contributed by atoms with Crippen molar-refractivity contribution in [3.63, 3.8) is 0 Å². The van der Waals surface area contributed by atoms with E-state index in [-0.39, 0.29) is 11.3 Å². The third-order valence-electron chi connectivity index (χ3n) is 6.23. The molecule has 3 heterocycles. The van der Waals surface area contributed by atoms with Crippen molar-refractivity contribution in [3.8, 4) is 0 Å². The Balaban J connectivity index is 1.70. The van der Waals surface area contributed by atoms with E-state index in [0.717, 1.165) is 51.7 Å². The van der Waals surface area contributed by atoms with Gasteiger partial charge in [-0.2, -0.15) is 4.98 Å². The number of benzene rings is 2. The molecule has 30 heavy (non-hydrogen) atoms. The standard InChI is InChI=1S/C25H20N2O2S/c1-14-9-11-15(12-10-14)22(28)20-17-6-3-2-5-16(17)13-27-23(20)26-24(29)21-18-7-4-8-19(18)30-25(21)27/h2-3,5-6,9-12,28H,4,7-8,13H2,1H3/b22-20+. The highest BCUT2D eigenvalue weighted by atomic mass is 32.1. The van der Waals surface area contributed by atoms with Crippen LogP contribution in [0, 0.1) is 6.92 Å². The summed E-state index contributed by atoms with van der Waals surface area (Å²) in [6.45, 7) is 2.67. The van der Waals surface area contributed by atoms with Gasteiger partial charge in [0.1, 0.15) is 16.4 Å². The zero-order valence-electron chi connectivity index (χ0n) is 16.6. The molecule has 0 saturated heterocycles.